The molecule has 0 amide bonds. The number of hydrogen-bond donors (Lipinski definition) is 2. The molecule has 0 radical (unpaired) electrons. The van der Waals surface area contributed by atoms with Gasteiger partial charge in [-0.2, -0.15) is 0 Å². The van der Waals surface area contributed by atoms with Crippen molar-refractivity contribution in [2.24, 2.45) is 0 Å². The van der Waals surface area contributed by atoms with E-state index in [0.29, 0.717) is 11.5 Å². The molecule has 0 bridgehead atoms. The maximum absolute atomic E-state index is 6.25. The molecule has 6 rings (SSSR count). The number of nitrogens with one attached hydrogen (secondary N) is 1. The Morgan fingerprint density at radius 3 is 2.71 bits per heavy atom. The lowest BCUT2D eigenvalue weighted by Gasteiger charge is -2.29. The van der Waals surface area contributed by atoms with Crippen molar-refractivity contribution in [3.05, 3.63) is 71.2 Å². The van der Waals surface area contributed by atoms with Crippen molar-refractivity contribution < 1.29 is 9.57 Å². The molecule has 2 aliphatic rings. The van der Waals surface area contributed by atoms with Crippen molar-refractivity contribution >= 4 is 38.6 Å². The van der Waals surface area contributed by atoms with Crippen LogP contribution in [0.25, 0.3) is 33.4 Å². The summed E-state index contributed by atoms with van der Waals surface area (Å²) in [6.45, 7) is 3.16. The van der Waals surface area contributed by atoms with E-state index in [1.54, 1.807) is 0 Å². The zero-order valence-electron chi connectivity index (χ0n) is 20.8. The summed E-state index contributed by atoms with van der Waals surface area (Å²) in [6, 6.07) is 14.2. The second-order valence-corrected chi connectivity index (χ2v) is 10.3. The number of pyridine rings is 2. The van der Waals surface area contributed by atoms with Crippen LogP contribution in [0, 0.1) is 0 Å². The number of hydroxylamine groups is 1. The molecule has 0 aliphatic carbocycles. The molecule has 1 saturated heterocycles. The Labute approximate surface area is 229 Å². The molecule has 0 atom stereocenters. The molecule has 38 heavy (non-hydrogen) atoms. The average molecular weight is 574 g/mol. The number of aromatic nitrogens is 4. The van der Waals surface area contributed by atoms with E-state index in [2.05, 4.69) is 48.4 Å². The SMILES string of the molecule is Nc1ncnc2nc(-c3ccc(N4CC=C(NOC5CCOCC5)CC4)nc3)cc(-c3cccc(Br)c3)c12. The van der Waals surface area contributed by atoms with Gasteiger partial charge in [0.15, 0.2) is 5.65 Å². The minimum atomic E-state index is 0.215. The largest absolute Gasteiger partial charge is 0.383 e. The Morgan fingerprint density at radius 2 is 1.95 bits per heavy atom. The average Bonchev–Trinajstić information content (AvgIpc) is 2.97. The number of hydrogen-bond acceptors (Lipinski definition) is 9. The van der Waals surface area contributed by atoms with Crippen LogP contribution in [-0.2, 0) is 9.57 Å². The highest BCUT2D eigenvalue weighted by molar-refractivity contribution is 9.10. The fourth-order valence-corrected chi connectivity index (χ4v) is 5.17. The summed E-state index contributed by atoms with van der Waals surface area (Å²) >= 11 is 3.57. The van der Waals surface area contributed by atoms with Crippen molar-refractivity contribution in [2.75, 3.05) is 36.9 Å². The van der Waals surface area contributed by atoms with E-state index < -0.39 is 0 Å². The number of fused-ring (bicyclic) bond motifs is 1. The predicted molar refractivity (Wildman–Crippen MR) is 151 cm³/mol. The molecule has 0 unspecified atom stereocenters. The van der Waals surface area contributed by atoms with E-state index in [1.807, 2.05) is 42.6 Å². The smallest absolute Gasteiger partial charge is 0.165 e. The molecule has 2 aliphatic heterocycles. The lowest BCUT2D eigenvalue weighted by molar-refractivity contribution is -0.0681. The third-order valence-electron chi connectivity index (χ3n) is 6.87. The van der Waals surface area contributed by atoms with Crippen LogP contribution in [0.5, 0.6) is 0 Å². The maximum Gasteiger partial charge on any atom is 0.165 e. The number of halogens is 1. The molecule has 0 saturated carbocycles. The number of benzene rings is 1. The second-order valence-electron chi connectivity index (χ2n) is 9.39. The lowest BCUT2D eigenvalue weighted by atomic mass is 10.0. The van der Waals surface area contributed by atoms with Crippen molar-refractivity contribution in [3.63, 3.8) is 0 Å². The van der Waals surface area contributed by atoms with Gasteiger partial charge in [0, 0.05) is 54.7 Å². The first kappa shape index (κ1) is 24.7. The molecular formula is C28H28BrN7O2. The minimum Gasteiger partial charge on any atom is -0.383 e. The van der Waals surface area contributed by atoms with Gasteiger partial charge in [-0.3, -0.25) is 10.3 Å². The van der Waals surface area contributed by atoms with Gasteiger partial charge in [-0.25, -0.2) is 19.9 Å². The fraction of sp³-hybridized carbons (Fsp3) is 0.286. The summed E-state index contributed by atoms with van der Waals surface area (Å²) in [4.78, 5) is 26.3. The zero-order valence-corrected chi connectivity index (χ0v) is 22.4. The monoisotopic (exact) mass is 573 g/mol. The summed E-state index contributed by atoms with van der Waals surface area (Å²) in [5, 5.41) is 0.740. The Morgan fingerprint density at radius 1 is 1.05 bits per heavy atom. The number of ether oxygens (including phenoxy) is 1. The molecule has 194 valence electrons. The number of rotatable bonds is 6. The third kappa shape index (κ3) is 5.33. The quantitative estimate of drug-likeness (QED) is 0.311. The van der Waals surface area contributed by atoms with E-state index in [0.717, 1.165) is 89.3 Å². The maximum atomic E-state index is 6.25. The Kier molecular flexibility index (Phi) is 7.17. The Hall–Kier alpha value is -3.60. The first-order valence-corrected chi connectivity index (χ1v) is 13.5. The third-order valence-corrected chi connectivity index (χ3v) is 7.36. The summed E-state index contributed by atoms with van der Waals surface area (Å²) in [7, 11) is 0. The van der Waals surface area contributed by atoms with Crippen molar-refractivity contribution in [1.82, 2.24) is 25.4 Å². The van der Waals surface area contributed by atoms with E-state index >= 15 is 0 Å². The van der Waals surface area contributed by atoms with Crippen LogP contribution in [0.15, 0.2) is 71.2 Å². The van der Waals surface area contributed by atoms with Crippen LogP contribution in [0.1, 0.15) is 19.3 Å². The molecule has 5 heterocycles. The van der Waals surface area contributed by atoms with Crippen LogP contribution in [0.3, 0.4) is 0 Å². The zero-order chi connectivity index (χ0) is 25.9. The van der Waals surface area contributed by atoms with E-state index in [9.17, 15) is 0 Å². The summed E-state index contributed by atoms with van der Waals surface area (Å²) < 4.78 is 6.37. The van der Waals surface area contributed by atoms with Crippen LogP contribution >= 0.6 is 15.9 Å². The normalized spacial score (nSPS) is 16.4. The fourth-order valence-electron chi connectivity index (χ4n) is 4.77. The number of nitrogens with two attached hydrogens (primary N) is 1. The Bertz CT molecular complexity index is 1470. The second kappa shape index (κ2) is 11.0. The van der Waals surface area contributed by atoms with Gasteiger partial charge < -0.3 is 15.4 Å². The first-order valence-electron chi connectivity index (χ1n) is 12.7. The highest BCUT2D eigenvalue weighted by Crippen LogP contribution is 2.34. The number of nitrogens with zero attached hydrogens (tertiary/aromatic N) is 5. The molecule has 9 nitrogen and oxygen atoms in total. The van der Waals surface area contributed by atoms with Gasteiger partial charge in [0.1, 0.15) is 18.0 Å². The molecule has 3 N–H and O–H groups in total. The van der Waals surface area contributed by atoms with E-state index in [-0.39, 0.29) is 6.10 Å². The Balaban J connectivity index is 1.21. The van der Waals surface area contributed by atoms with Gasteiger partial charge in [-0.15, -0.1) is 0 Å². The summed E-state index contributed by atoms with van der Waals surface area (Å²) in [6.07, 6.45) is 8.42. The van der Waals surface area contributed by atoms with Crippen LogP contribution < -0.4 is 16.1 Å². The minimum absolute atomic E-state index is 0.215. The molecule has 3 aromatic heterocycles. The standard InChI is InChI=1S/C28H28BrN7O2/c29-20-3-1-2-18(14-20)23-15-24(34-28-26(23)27(30)32-17-33-28)19-4-5-25(31-16-19)36-10-6-21(7-11-36)35-38-22-8-12-37-13-9-22/h1-6,14-17,22,35H,7-13H2,(H2,30,32,33,34). The van der Waals surface area contributed by atoms with Crippen molar-refractivity contribution in [2.45, 2.75) is 25.4 Å². The van der Waals surface area contributed by atoms with Gasteiger partial charge >= 0.3 is 0 Å². The van der Waals surface area contributed by atoms with Gasteiger partial charge in [0.2, 0.25) is 0 Å². The van der Waals surface area contributed by atoms with Crippen molar-refractivity contribution in [3.8, 4) is 22.4 Å². The molecule has 0 spiro atoms. The topological polar surface area (TPSA) is 111 Å². The van der Waals surface area contributed by atoms with Crippen LogP contribution in [0.2, 0.25) is 0 Å². The van der Waals surface area contributed by atoms with Gasteiger partial charge in [-0.05, 0) is 60.4 Å². The van der Waals surface area contributed by atoms with Crippen LogP contribution in [-0.4, -0.2) is 52.3 Å². The van der Waals surface area contributed by atoms with E-state index in [1.165, 1.54) is 6.33 Å². The van der Waals surface area contributed by atoms with Gasteiger partial charge in [0.05, 0.1) is 17.2 Å². The molecule has 1 aromatic carbocycles. The predicted octanol–water partition coefficient (Wildman–Crippen LogP) is 4.89. The summed E-state index contributed by atoms with van der Waals surface area (Å²) in [5.74, 6) is 1.33. The molecule has 10 heteroatoms. The van der Waals surface area contributed by atoms with Crippen LogP contribution in [0.4, 0.5) is 11.6 Å². The molecule has 4 aromatic rings. The summed E-state index contributed by atoms with van der Waals surface area (Å²) in [5.41, 5.74) is 14.7. The number of nitrogen functional groups attached to an aromatic ring is 1. The van der Waals surface area contributed by atoms with Crippen molar-refractivity contribution in [1.29, 1.82) is 0 Å². The van der Waals surface area contributed by atoms with Gasteiger partial charge in [0.25, 0.3) is 0 Å². The van der Waals surface area contributed by atoms with E-state index in [4.69, 9.17) is 25.3 Å². The van der Waals surface area contributed by atoms with Gasteiger partial charge in [-0.1, -0.05) is 28.1 Å². The lowest BCUT2D eigenvalue weighted by Crippen LogP contribution is -2.35. The first-order chi connectivity index (χ1) is 18.6. The molecule has 1 fully saturated rings. The number of anilines is 2. The highest BCUT2D eigenvalue weighted by Gasteiger charge is 2.18. The molecular weight excluding hydrogens is 546 g/mol. The highest BCUT2D eigenvalue weighted by atomic mass is 79.9.